The van der Waals surface area contributed by atoms with Crippen LogP contribution in [0.3, 0.4) is 0 Å². The van der Waals surface area contributed by atoms with Crippen LogP contribution in [-0.2, 0) is 23.7 Å². The number of hydrogen-bond donors (Lipinski definition) is 2. The monoisotopic (exact) mass is 410 g/mol. The van der Waals surface area contributed by atoms with Gasteiger partial charge in [0.25, 0.3) is 0 Å². The first-order valence-corrected chi connectivity index (χ1v) is 9.80. The molecule has 2 aliphatic rings. The molecule has 1 aromatic heterocycles. The second kappa shape index (κ2) is 8.55. The number of hydroxylamine groups is 1. The Balaban J connectivity index is 0.000000630. The summed E-state index contributed by atoms with van der Waals surface area (Å²) < 4.78 is 7.71. The molecule has 6 heteroatoms. The van der Waals surface area contributed by atoms with Crippen molar-refractivity contribution in [2.45, 2.75) is 46.4 Å². The molecule has 6 nitrogen and oxygen atoms in total. The Morgan fingerprint density at radius 1 is 1.33 bits per heavy atom. The first-order valence-electron chi connectivity index (χ1n) is 10.8. The Kier molecular flexibility index (Phi) is 6.25. The van der Waals surface area contributed by atoms with Crippen molar-refractivity contribution < 1.29 is 11.4 Å². The minimum atomic E-state index is -0.550. The highest BCUT2D eigenvalue weighted by molar-refractivity contribution is 6.02. The second-order valence-electron chi connectivity index (χ2n) is 8.46. The molecule has 0 saturated carbocycles. The number of aryl methyl sites for hydroxylation is 1. The number of fused-ring (bicyclic) bond motifs is 3. The van der Waals surface area contributed by atoms with Crippen molar-refractivity contribution in [3.63, 3.8) is 0 Å². The molecule has 0 saturated heterocycles. The van der Waals surface area contributed by atoms with Crippen LogP contribution >= 0.6 is 0 Å². The van der Waals surface area contributed by atoms with Gasteiger partial charge in [0.05, 0.1) is 18.0 Å². The highest BCUT2D eigenvalue weighted by atomic mass is 16.5. The molecule has 160 valence electrons. The van der Waals surface area contributed by atoms with Gasteiger partial charge in [0.15, 0.2) is 5.78 Å². The quantitative estimate of drug-likeness (QED) is 0.534. The molecular formula is C24H32N4O2. The standard InChI is InChI=1S/C22H23N3O.CH5NO.CH4/c1-21(2)17-12-11-15-18(14-9-7-6-8-10-14)25(5)24-19(15)22(17,3)13-16(23-4)20(21)26;1-2-3;/h6-10,13,17H,11-12H2,1-3,5H3;2-3H,1H3;1H4/t17-,22-;;/m0../s1/i;;1T. The van der Waals surface area contributed by atoms with Crippen LogP contribution in [0.25, 0.3) is 16.1 Å². The van der Waals surface area contributed by atoms with Gasteiger partial charge in [-0.3, -0.25) is 4.68 Å². The van der Waals surface area contributed by atoms with E-state index >= 15 is 0 Å². The van der Waals surface area contributed by atoms with E-state index in [0.29, 0.717) is 0 Å². The van der Waals surface area contributed by atoms with Crippen LogP contribution in [0.4, 0.5) is 0 Å². The Labute approximate surface area is 180 Å². The maximum Gasteiger partial charge on any atom is 0.226 e. The fourth-order valence-corrected chi connectivity index (χ4v) is 5.15. The number of Topliss-reactive ketones (excluding diaryl/α,β-unsaturated/α-hetero) is 1. The number of rotatable bonds is 1. The zero-order valence-electron chi connectivity index (χ0n) is 19.7. The molecule has 0 radical (unpaired) electrons. The van der Waals surface area contributed by atoms with E-state index in [4.69, 9.17) is 18.2 Å². The van der Waals surface area contributed by atoms with Crippen molar-refractivity contribution in [3.8, 4) is 11.3 Å². The molecule has 2 aliphatic carbocycles. The number of ketones is 1. The Hall–Kier alpha value is -2.75. The van der Waals surface area contributed by atoms with E-state index in [0.717, 1.165) is 29.8 Å². The first kappa shape index (κ1) is 21.9. The van der Waals surface area contributed by atoms with Crippen LogP contribution in [0.1, 0.15) is 47.2 Å². The van der Waals surface area contributed by atoms with Crippen LogP contribution in [-0.4, -0.2) is 27.8 Å². The number of carbonyl (C=O) groups excluding carboxylic acids is 1. The number of allylic oxidation sites excluding steroid dienone is 2. The summed E-state index contributed by atoms with van der Waals surface area (Å²) in [7, 11) is 4.66. The molecule has 2 N–H and O–H groups in total. The number of nitrogens with zero attached hydrogens (tertiary/aromatic N) is 3. The van der Waals surface area contributed by atoms with Crippen molar-refractivity contribution >= 4 is 5.78 Å². The fourth-order valence-electron chi connectivity index (χ4n) is 5.15. The smallest absolute Gasteiger partial charge is 0.226 e. The van der Waals surface area contributed by atoms with Gasteiger partial charge in [-0.1, -0.05) is 64.6 Å². The van der Waals surface area contributed by atoms with Gasteiger partial charge in [-0.2, -0.15) is 5.10 Å². The normalized spacial score (nSPS) is 23.8. The molecular weight excluding hydrogens is 376 g/mol. The number of benzene rings is 1. The SMILES string of the molecule is CNO.[3H]C.[C-]#[N+]C1=C[C@]2(C)c3nn(C)c(-c4ccccc4)c3CC[C@H]2C(C)(C)C1=O. The highest BCUT2D eigenvalue weighted by Crippen LogP contribution is 2.55. The minimum absolute atomic E-state index is 0.0300. The lowest BCUT2D eigenvalue weighted by Crippen LogP contribution is -2.50. The van der Waals surface area contributed by atoms with Crippen LogP contribution in [0, 0.1) is 17.9 Å². The first-order chi connectivity index (χ1) is 14.7. The van der Waals surface area contributed by atoms with Gasteiger partial charge < -0.3 is 10.0 Å². The number of nitrogens with one attached hydrogen (secondary N) is 1. The van der Waals surface area contributed by atoms with Crippen molar-refractivity contribution in [2.75, 3.05) is 7.05 Å². The van der Waals surface area contributed by atoms with Gasteiger partial charge in [-0.25, -0.2) is 10.3 Å². The minimum Gasteiger partial charge on any atom is -0.317 e. The maximum absolute atomic E-state index is 12.8. The van der Waals surface area contributed by atoms with E-state index in [2.05, 4.69) is 23.9 Å². The maximum atomic E-state index is 12.8. The van der Waals surface area contributed by atoms with Crippen molar-refractivity contribution in [1.29, 1.82) is 0 Å². The average Bonchev–Trinajstić information content (AvgIpc) is 3.11. The molecule has 4 rings (SSSR count). The molecule has 2 atom stereocenters. The molecule has 30 heavy (non-hydrogen) atoms. The third-order valence-electron chi connectivity index (χ3n) is 6.36. The van der Waals surface area contributed by atoms with Crippen molar-refractivity contribution in [2.24, 2.45) is 18.4 Å². The van der Waals surface area contributed by atoms with E-state index in [1.165, 1.54) is 20.0 Å². The van der Waals surface area contributed by atoms with Gasteiger partial charge in [0.1, 0.15) is 0 Å². The van der Waals surface area contributed by atoms with Crippen molar-refractivity contribution in [1.82, 2.24) is 15.3 Å². The molecule has 0 fully saturated rings. The van der Waals surface area contributed by atoms with Crippen LogP contribution in [0.5, 0.6) is 0 Å². The lowest BCUT2D eigenvalue weighted by molar-refractivity contribution is -0.128. The van der Waals surface area contributed by atoms with E-state index < -0.39 is 10.8 Å². The predicted octanol–water partition coefficient (Wildman–Crippen LogP) is 4.55. The summed E-state index contributed by atoms with van der Waals surface area (Å²) in [4.78, 5) is 16.3. The summed E-state index contributed by atoms with van der Waals surface area (Å²) in [6.07, 6.45) is 3.72. The molecule has 2 aromatic rings. The van der Waals surface area contributed by atoms with Crippen LogP contribution in [0.15, 0.2) is 42.1 Å². The Morgan fingerprint density at radius 2 is 1.93 bits per heavy atom. The van der Waals surface area contributed by atoms with Gasteiger partial charge >= 0.3 is 0 Å². The molecule has 0 aliphatic heterocycles. The van der Waals surface area contributed by atoms with E-state index in [9.17, 15) is 4.79 Å². The summed E-state index contributed by atoms with van der Waals surface area (Å²) in [5, 5.41) is 12.2. The summed E-state index contributed by atoms with van der Waals surface area (Å²) >= 11 is 0. The number of aromatic nitrogens is 2. The molecule has 1 aromatic carbocycles. The largest absolute Gasteiger partial charge is 0.317 e. The van der Waals surface area contributed by atoms with E-state index in [1.807, 2.05) is 49.9 Å². The zero-order chi connectivity index (χ0) is 23.4. The fraction of sp³-hybridized carbons (Fsp3) is 0.458. The van der Waals surface area contributed by atoms with Gasteiger partial charge in [0, 0.05) is 37.4 Å². The van der Waals surface area contributed by atoms with E-state index in [1.54, 1.807) is 5.48 Å². The molecule has 0 amide bonds. The van der Waals surface area contributed by atoms with E-state index in [-0.39, 0.29) is 17.4 Å². The summed E-state index contributed by atoms with van der Waals surface area (Å²) in [5.41, 5.74) is 5.65. The second-order valence-corrected chi connectivity index (χ2v) is 8.46. The number of carbonyl (C=O) groups is 1. The third kappa shape index (κ3) is 3.49. The summed E-state index contributed by atoms with van der Waals surface area (Å²) in [5.74, 6) is 0.122. The summed E-state index contributed by atoms with van der Waals surface area (Å²) in [6, 6.07) is 10.3. The Bertz CT molecular complexity index is 1000. The topological polar surface area (TPSA) is 71.5 Å². The number of hydrogen-bond acceptors (Lipinski definition) is 4. The summed E-state index contributed by atoms with van der Waals surface area (Å²) in [6.45, 7) is 13.6. The van der Waals surface area contributed by atoms with Gasteiger partial charge in [-0.05, 0) is 18.8 Å². The predicted molar refractivity (Wildman–Crippen MR) is 119 cm³/mol. The zero-order valence-corrected chi connectivity index (χ0v) is 18.7. The molecule has 0 unspecified atom stereocenters. The molecule has 1 heterocycles. The van der Waals surface area contributed by atoms with Crippen molar-refractivity contribution in [3.05, 3.63) is 64.8 Å². The highest BCUT2D eigenvalue weighted by Gasteiger charge is 2.55. The van der Waals surface area contributed by atoms with Crippen LogP contribution < -0.4 is 5.48 Å². The molecule has 0 spiro atoms. The average molecular weight is 411 g/mol. The lowest BCUT2D eigenvalue weighted by atomic mass is 9.53. The lowest BCUT2D eigenvalue weighted by Gasteiger charge is -2.49. The van der Waals surface area contributed by atoms with Gasteiger partial charge in [0.2, 0.25) is 5.70 Å². The van der Waals surface area contributed by atoms with Crippen LogP contribution in [0.2, 0.25) is 0 Å². The molecule has 0 bridgehead atoms. The third-order valence-corrected chi connectivity index (χ3v) is 6.36. The Morgan fingerprint density at radius 3 is 2.50 bits per heavy atom. The van der Waals surface area contributed by atoms with Gasteiger partial charge in [-0.15, -0.1) is 0 Å².